The van der Waals surface area contributed by atoms with Gasteiger partial charge in [0.05, 0.1) is 42.1 Å². The largest absolute Gasteiger partial charge is 0.446 e. The predicted molar refractivity (Wildman–Crippen MR) is 147 cm³/mol. The normalized spacial score (nSPS) is 17.0. The van der Waals surface area contributed by atoms with Gasteiger partial charge in [-0.3, -0.25) is 4.90 Å². The molecule has 2 aliphatic rings. The second-order valence-corrected chi connectivity index (χ2v) is 11.2. The van der Waals surface area contributed by atoms with Crippen molar-refractivity contribution in [2.24, 2.45) is 0 Å². The maximum atomic E-state index is 13.7. The fraction of sp³-hybridized carbons (Fsp3) is 0.517. The number of amides is 1. The summed E-state index contributed by atoms with van der Waals surface area (Å²) in [6.45, 7) is 3.02. The first kappa shape index (κ1) is 31.5. The van der Waals surface area contributed by atoms with Crippen LogP contribution in [0.4, 0.5) is 42.8 Å². The van der Waals surface area contributed by atoms with Gasteiger partial charge in [0.2, 0.25) is 0 Å². The molecule has 0 fully saturated rings. The highest BCUT2D eigenvalue weighted by molar-refractivity contribution is 5.91. The number of aromatic nitrogens is 4. The number of ether oxygens (including phenoxy) is 1. The molecule has 1 aliphatic carbocycles. The Morgan fingerprint density at radius 2 is 1.77 bits per heavy atom. The zero-order chi connectivity index (χ0) is 31.8. The summed E-state index contributed by atoms with van der Waals surface area (Å²) in [5.74, 6) is -0.0425. The molecule has 2 aromatic carbocycles. The fourth-order valence-corrected chi connectivity index (χ4v) is 5.90. The number of alkyl halides is 6. The molecule has 0 saturated heterocycles. The highest BCUT2D eigenvalue weighted by atomic mass is 19.4. The van der Waals surface area contributed by atoms with E-state index >= 15 is 0 Å². The summed E-state index contributed by atoms with van der Waals surface area (Å²) < 4.78 is 88.0. The van der Waals surface area contributed by atoms with E-state index in [4.69, 9.17) is 4.74 Å². The first-order valence-electron chi connectivity index (χ1n) is 14.3. The highest BCUT2D eigenvalue weighted by Gasteiger charge is 2.39. The fourth-order valence-electron chi connectivity index (χ4n) is 5.90. The Morgan fingerprint density at radius 1 is 1.07 bits per heavy atom. The smallest absolute Gasteiger partial charge is 0.416 e. The van der Waals surface area contributed by atoms with Gasteiger partial charge in [-0.25, -0.2) is 4.79 Å². The summed E-state index contributed by atoms with van der Waals surface area (Å²) in [6, 6.07) is 4.62. The Balaban J connectivity index is 1.66. The van der Waals surface area contributed by atoms with Crippen LogP contribution in [0.3, 0.4) is 0 Å². The maximum Gasteiger partial charge on any atom is 0.416 e. The van der Waals surface area contributed by atoms with Crippen molar-refractivity contribution < 1.29 is 41.0 Å². The van der Waals surface area contributed by atoms with Crippen LogP contribution in [0.2, 0.25) is 0 Å². The first-order valence-corrected chi connectivity index (χ1v) is 14.3. The quantitative estimate of drug-likeness (QED) is 0.318. The third kappa shape index (κ3) is 6.61. The molecule has 1 N–H and O–H groups in total. The Morgan fingerprint density at radius 3 is 2.41 bits per heavy atom. The number of carbonyl (C=O) groups is 1. The summed E-state index contributed by atoms with van der Waals surface area (Å²) in [7, 11) is 0. The van der Waals surface area contributed by atoms with Gasteiger partial charge in [-0.05, 0) is 91.6 Å². The van der Waals surface area contributed by atoms with Crippen molar-refractivity contribution in [3.63, 3.8) is 0 Å². The lowest BCUT2D eigenvalue weighted by Gasteiger charge is -2.33. The minimum atomic E-state index is -5.02. The second kappa shape index (κ2) is 12.3. The number of hydrogen-bond acceptors (Lipinski definition) is 7. The SMILES string of the molecule is CC(C)OC(=O)N1CCC[C@H](N(Cc2cc(C(F)(F)F)cc(C(F)(F)F)c2)c2nnn(CCO)n2)c2ccc3c(c21)CCC3. The van der Waals surface area contributed by atoms with Crippen LogP contribution in [0.25, 0.3) is 0 Å². The Hall–Kier alpha value is -3.88. The van der Waals surface area contributed by atoms with Crippen LogP contribution in [0.1, 0.15) is 72.5 Å². The molecule has 5 rings (SSSR count). The minimum absolute atomic E-state index is 0.0216. The van der Waals surface area contributed by atoms with E-state index in [-0.39, 0.29) is 36.8 Å². The number of tetrazole rings is 1. The van der Waals surface area contributed by atoms with Gasteiger partial charge < -0.3 is 14.7 Å². The summed E-state index contributed by atoms with van der Waals surface area (Å²) >= 11 is 0. The zero-order valence-electron chi connectivity index (χ0n) is 24.1. The van der Waals surface area contributed by atoms with Crippen molar-refractivity contribution in [2.75, 3.05) is 23.0 Å². The van der Waals surface area contributed by atoms with Gasteiger partial charge in [-0.15, -0.1) is 5.10 Å². The maximum absolute atomic E-state index is 13.7. The number of aliphatic hydroxyl groups excluding tert-OH is 1. The summed E-state index contributed by atoms with van der Waals surface area (Å²) in [6.07, 6.45) is -7.76. The molecule has 0 saturated carbocycles. The van der Waals surface area contributed by atoms with Gasteiger partial charge in [0.15, 0.2) is 0 Å². The highest BCUT2D eigenvalue weighted by Crippen LogP contribution is 2.45. The summed E-state index contributed by atoms with van der Waals surface area (Å²) in [5, 5.41) is 21.6. The Kier molecular flexibility index (Phi) is 8.78. The van der Waals surface area contributed by atoms with Crippen LogP contribution >= 0.6 is 0 Å². The number of hydrogen-bond donors (Lipinski definition) is 1. The van der Waals surface area contributed by atoms with Crippen molar-refractivity contribution >= 4 is 17.7 Å². The van der Waals surface area contributed by atoms with E-state index in [1.165, 1.54) is 4.90 Å². The van der Waals surface area contributed by atoms with Crippen molar-refractivity contribution in [2.45, 2.75) is 83.5 Å². The molecular formula is C29H32F6N6O3. The van der Waals surface area contributed by atoms with E-state index in [2.05, 4.69) is 15.4 Å². The molecule has 1 atom stereocenters. The van der Waals surface area contributed by atoms with Gasteiger partial charge in [-0.2, -0.15) is 31.1 Å². The molecule has 1 amide bonds. The molecule has 1 aliphatic heterocycles. The van der Waals surface area contributed by atoms with Gasteiger partial charge in [-0.1, -0.05) is 17.2 Å². The molecule has 15 heteroatoms. The van der Waals surface area contributed by atoms with Crippen LogP contribution in [0, 0.1) is 0 Å². The van der Waals surface area contributed by atoms with E-state index in [9.17, 15) is 36.2 Å². The van der Waals surface area contributed by atoms with Crippen molar-refractivity contribution in [1.82, 2.24) is 20.2 Å². The van der Waals surface area contributed by atoms with Crippen LogP contribution in [0.5, 0.6) is 0 Å². The molecule has 2 heterocycles. The number of rotatable bonds is 7. The van der Waals surface area contributed by atoms with E-state index < -0.39 is 42.2 Å². The standard InChI is InChI=1S/C29H32F6N6O3/c1-17(2)44-27(43)39-10-4-7-24(23-9-8-19-5-3-6-22(19)25(23)39)40(26-36-38-41(37-26)11-12-42)16-18-13-20(28(30,31)32)15-21(14-18)29(33,34)35/h8-9,13-15,17,24,42H,3-7,10-12,16H2,1-2H3/t24-/m0/s1. The molecule has 0 radical (unpaired) electrons. The van der Waals surface area contributed by atoms with E-state index in [0.29, 0.717) is 49.2 Å². The van der Waals surface area contributed by atoms with E-state index in [0.717, 1.165) is 28.8 Å². The van der Waals surface area contributed by atoms with Gasteiger partial charge in [0, 0.05) is 13.1 Å². The van der Waals surface area contributed by atoms with E-state index in [1.54, 1.807) is 18.7 Å². The third-order valence-corrected chi connectivity index (χ3v) is 7.70. The average molecular weight is 627 g/mol. The monoisotopic (exact) mass is 626 g/mol. The van der Waals surface area contributed by atoms with Crippen molar-refractivity contribution in [3.8, 4) is 0 Å². The number of halogens is 6. The topological polar surface area (TPSA) is 96.6 Å². The molecule has 1 aromatic heterocycles. The number of aryl methyl sites for hydroxylation is 1. The summed E-state index contributed by atoms with van der Waals surface area (Å²) in [5.41, 5.74) is 0.213. The molecule has 0 bridgehead atoms. The number of aliphatic hydroxyl groups is 1. The third-order valence-electron chi connectivity index (χ3n) is 7.70. The number of fused-ring (bicyclic) bond motifs is 3. The lowest BCUT2D eigenvalue weighted by molar-refractivity contribution is -0.143. The van der Waals surface area contributed by atoms with Crippen LogP contribution in [-0.4, -0.2) is 50.7 Å². The number of anilines is 2. The van der Waals surface area contributed by atoms with Gasteiger partial charge >= 0.3 is 18.4 Å². The first-order chi connectivity index (χ1) is 20.8. The molecule has 3 aromatic rings. The predicted octanol–water partition coefficient (Wildman–Crippen LogP) is 6.08. The van der Waals surface area contributed by atoms with Gasteiger partial charge in [0.1, 0.15) is 0 Å². The minimum Gasteiger partial charge on any atom is -0.446 e. The van der Waals surface area contributed by atoms with Crippen molar-refractivity contribution in [3.05, 3.63) is 63.7 Å². The zero-order valence-corrected chi connectivity index (χ0v) is 24.1. The molecule has 0 spiro atoms. The average Bonchev–Trinajstić information content (AvgIpc) is 3.56. The van der Waals surface area contributed by atoms with Crippen molar-refractivity contribution in [1.29, 1.82) is 0 Å². The lowest BCUT2D eigenvalue weighted by atomic mass is 9.94. The number of nitrogens with zero attached hydrogens (tertiary/aromatic N) is 6. The molecule has 0 unspecified atom stereocenters. The second-order valence-electron chi connectivity index (χ2n) is 11.2. The van der Waals surface area contributed by atoms with Crippen LogP contribution in [0.15, 0.2) is 30.3 Å². The van der Waals surface area contributed by atoms with Gasteiger partial charge in [0.25, 0.3) is 5.95 Å². The summed E-state index contributed by atoms with van der Waals surface area (Å²) in [4.78, 5) is 17.5. The lowest BCUT2D eigenvalue weighted by Crippen LogP contribution is -2.35. The number of benzene rings is 2. The Bertz CT molecular complexity index is 1470. The number of carbonyl (C=O) groups excluding carboxylic acids is 1. The van der Waals surface area contributed by atoms with Crippen LogP contribution < -0.4 is 9.80 Å². The molecular weight excluding hydrogens is 594 g/mol. The molecule has 44 heavy (non-hydrogen) atoms. The molecule has 238 valence electrons. The molecule has 9 nitrogen and oxygen atoms in total. The van der Waals surface area contributed by atoms with E-state index in [1.807, 2.05) is 12.1 Å². The van der Waals surface area contributed by atoms with Crippen LogP contribution in [-0.2, 0) is 43.0 Å². The Labute approximate surface area is 249 Å².